The van der Waals surface area contributed by atoms with Crippen molar-refractivity contribution in [2.24, 2.45) is 0 Å². The van der Waals surface area contributed by atoms with Gasteiger partial charge in [-0.3, -0.25) is 14.5 Å². The third-order valence-electron chi connectivity index (χ3n) is 6.36. The molecule has 0 spiro atoms. The highest BCUT2D eigenvalue weighted by Crippen LogP contribution is 2.40. The number of rotatable bonds is 7. The Bertz CT molecular complexity index is 1190. The summed E-state index contributed by atoms with van der Waals surface area (Å²) in [5.74, 6) is -0.225. The minimum atomic E-state index is -0.741. The molecule has 1 fully saturated rings. The summed E-state index contributed by atoms with van der Waals surface area (Å²) >= 11 is 6.02. The van der Waals surface area contributed by atoms with Crippen molar-refractivity contribution < 1.29 is 9.59 Å². The number of halogens is 1. The monoisotopic (exact) mass is 476 g/mol. The zero-order valence-corrected chi connectivity index (χ0v) is 20.4. The smallest absolute Gasteiger partial charge is 0.253 e. The van der Waals surface area contributed by atoms with Gasteiger partial charge in [-0.05, 0) is 28.7 Å². The van der Waals surface area contributed by atoms with E-state index in [0.29, 0.717) is 18.8 Å². The van der Waals surface area contributed by atoms with Crippen LogP contribution in [0.4, 0.5) is 5.69 Å². The summed E-state index contributed by atoms with van der Waals surface area (Å²) in [7, 11) is 1.54. The van der Waals surface area contributed by atoms with Gasteiger partial charge in [-0.1, -0.05) is 80.0 Å². The molecule has 176 valence electrons. The van der Waals surface area contributed by atoms with E-state index in [2.05, 4.69) is 58.6 Å². The van der Waals surface area contributed by atoms with Gasteiger partial charge in [-0.25, -0.2) is 4.98 Å². The highest BCUT2D eigenvalue weighted by molar-refractivity contribution is 6.30. The van der Waals surface area contributed by atoms with Crippen molar-refractivity contribution in [2.45, 2.75) is 31.7 Å². The number of nitrogens with zero attached hydrogens (tertiary/aromatic N) is 2. The number of hydrogen-bond donors (Lipinski definition) is 2. The average Bonchev–Trinajstić information content (AvgIpc) is 2.82. The molecule has 0 unspecified atom stereocenters. The van der Waals surface area contributed by atoms with E-state index < -0.39 is 5.41 Å². The summed E-state index contributed by atoms with van der Waals surface area (Å²) in [6.07, 6.45) is 1.44. The van der Waals surface area contributed by atoms with E-state index in [1.165, 1.54) is 24.9 Å². The Morgan fingerprint density at radius 1 is 1.09 bits per heavy atom. The Balaban J connectivity index is 1.68. The first-order valence-corrected chi connectivity index (χ1v) is 11.8. The maximum Gasteiger partial charge on any atom is 0.253 e. The Hall–Kier alpha value is -3.22. The normalized spacial score (nSPS) is 15.0. The molecule has 34 heavy (non-hydrogen) atoms. The molecule has 4 rings (SSSR count). The van der Waals surface area contributed by atoms with Crippen LogP contribution in [0.2, 0.25) is 5.15 Å². The predicted molar refractivity (Wildman–Crippen MR) is 135 cm³/mol. The molecule has 1 aliphatic rings. The summed E-state index contributed by atoms with van der Waals surface area (Å²) in [6, 6.07) is 19.8. The second-order valence-electron chi connectivity index (χ2n) is 9.04. The fourth-order valence-corrected chi connectivity index (χ4v) is 4.79. The molecule has 6 nitrogen and oxygen atoms in total. The number of anilines is 1. The van der Waals surface area contributed by atoms with Crippen LogP contribution < -0.4 is 10.6 Å². The van der Waals surface area contributed by atoms with Gasteiger partial charge < -0.3 is 10.6 Å². The highest BCUT2D eigenvalue weighted by atomic mass is 35.5. The van der Waals surface area contributed by atoms with Crippen LogP contribution in [0.1, 0.15) is 46.8 Å². The number of likely N-dealkylation sites (tertiary alicyclic amines) is 1. The van der Waals surface area contributed by atoms with E-state index >= 15 is 0 Å². The summed E-state index contributed by atoms with van der Waals surface area (Å²) in [5.41, 5.74) is 3.26. The topological polar surface area (TPSA) is 74.3 Å². The quantitative estimate of drug-likeness (QED) is 0.488. The molecular weight excluding hydrogens is 448 g/mol. The van der Waals surface area contributed by atoms with Crippen molar-refractivity contribution in [1.82, 2.24) is 15.2 Å². The first-order valence-electron chi connectivity index (χ1n) is 11.4. The largest absolute Gasteiger partial charge is 0.355 e. The predicted octanol–water partition coefficient (Wildman–Crippen LogP) is 4.61. The molecule has 1 saturated heterocycles. The van der Waals surface area contributed by atoms with Crippen molar-refractivity contribution in [3.8, 4) is 0 Å². The molecule has 2 N–H and O–H groups in total. The molecule has 2 amide bonds. The van der Waals surface area contributed by atoms with Crippen molar-refractivity contribution in [2.75, 3.05) is 25.5 Å². The van der Waals surface area contributed by atoms with Gasteiger partial charge in [-0.15, -0.1) is 0 Å². The zero-order chi connectivity index (χ0) is 24.3. The maximum atomic E-state index is 13.9. The fourth-order valence-electron chi connectivity index (χ4n) is 4.64. The second kappa shape index (κ2) is 9.95. The lowest BCUT2D eigenvalue weighted by Crippen LogP contribution is -2.64. The summed E-state index contributed by atoms with van der Waals surface area (Å²) in [4.78, 5) is 32.7. The number of nitrogens with one attached hydrogen (secondary N) is 2. The van der Waals surface area contributed by atoms with Crippen LogP contribution in [0.3, 0.4) is 0 Å². The van der Waals surface area contributed by atoms with E-state index in [9.17, 15) is 9.59 Å². The lowest BCUT2D eigenvalue weighted by atomic mass is 9.69. The minimum Gasteiger partial charge on any atom is -0.355 e. The summed E-state index contributed by atoms with van der Waals surface area (Å²) in [6.45, 7) is 6.20. The third-order valence-corrected chi connectivity index (χ3v) is 6.57. The summed E-state index contributed by atoms with van der Waals surface area (Å²) < 4.78 is 0. The summed E-state index contributed by atoms with van der Waals surface area (Å²) in [5, 5.41) is 5.78. The number of carbonyl (C=O) groups excluding carboxylic acids is 2. The molecule has 0 saturated carbocycles. The van der Waals surface area contributed by atoms with Gasteiger partial charge in [0.05, 0.1) is 22.9 Å². The number of aromatic nitrogens is 1. The average molecular weight is 477 g/mol. The van der Waals surface area contributed by atoms with E-state index in [1.54, 1.807) is 0 Å². The highest BCUT2D eigenvalue weighted by Gasteiger charge is 2.51. The van der Waals surface area contributed by atoms with Gasteiger partial charge in [-0.2, -0.15) is 0 Å². The van der Waals surface area contributed by atoms with Crippen LogP contribution in [0.15, 0.2) is 66.9 Å². The standard InChI is InChI=1S/C27H29ClN4O2/c1-18(2)20-11-7-8-12-22(20)27(16-32(17-27)15-19-9-5-4-6-10-19)26(34)31-23-14-30-24(28)13-21(23)25(33)29-3/h4-14,18H,15-17H2,1-3H3,(H,29,33)(H,31,34). The molecule has 2 aromatic carbocycles. The number of benzene rings is 2. The van der Waals surface area contributed by atoms with Crippen molar-refractivity contribution >= 4 is 29.1 Å². The van der Waals surface area contributed by atoms with E-state index in [-0.39, 0.29) is 28.4 Å². The second-order valence-corrected chi connectivity index (χ2v) is 9.43. The molecule has 3 aromatic rings. The number of hydrogen-bond acceptors (Lipinski definition) is 4. The number of carbonyl (C=O) groups is 2. The zero-order valence-electron chi connectivity index (χ0n) is 19.6. The van der Waals surface area contributed by atoms with Crippen molar-refractivity contribution in [1.29, 1.82) is 0 Å². The van der Waals surface area contributed by atoms with Gasteiger partial charge in [0.2, 0.25) is 5.91 Å². The van der Waals surface area contributed by atoms with Crippen molar-refractivity contribution in [3.05, 3.63) is 94.3 Å². The van der Waals surface area contributed by atoms with E-state index in [0.717, 1.165) is 17.7 Å². The van der Waals surface area contributed by atoms with Crippen LogP contribution in [0.25, 0.3) is 0 Å². The molecule has 0 aliphatic carbocycles. The van der Waals surface area contributed by atoms with Gasteiger partial charge in [0.25, 0.3) is 5.91 Å². The Morgan fingerprint density at radius 3 is 2.44 bits per heavy atom. The fraction of sp³-hybridized carbons (Fsp3) is 0.296. The van der Waals surface area contributed by atoms with Crippen LogP contribution in [0, 0.1) is 0 Å². The Kier molecular flexibility index (Phi) is 7.00. The molecule has 0 radical (unpaired) electrons. The van der Waals surface area contributed by atoms with Gasteiger partial charge >= 0.3 is 0 Å². The van der Waals surface area contributed by atoms with Crippen LogP contribution in [0.5, 0.6) is 0 Å². The Labute approximate surface area is 205 Å². The van der Waals surface area contributed by atoms with Crippen LogP contribution >= 0.6 is 11.6 Å². The Morgan fingerprint density at radius 2 is 1.76 bits per heavy atom. The molecule has 1 aromatic heterocycles. The molecule has 7 heteroatoms. The van der Waals surface area contributed by atoms with Gasteiger partial charge in [0, 0.05) is 26.7 Å². The SMILES string of the molecule is CNC(=O)c1cc(Cl)ncc1NC(=O)C1(c2ccccc2C(C)C)CN(Cc2ccccc2)C1. The maximum absolute atomic E-state index is 13.9. The minimum absolute atomic E-state index is 0.154. The van der Waals surface area contributed by atoms with Gasteiger partial charge in [0.15, 0.2) is 0 Å². The molecule has 2 heterocycles. The van der Waals surface area contributed by atoms with E-state index in [4.69, 9.17) is 11.6 Å². The van der Waals surface area contributed by atoms with Crippen LogP contribution in [-0.4, -0.2) is 41.8 Å². The van der Waals surface area contributed by atoms with Gasteiger partial charge in [0.1, 0.15) is 5.15 Å². The molecule has 1 aliphatic heterocycles. The first-order chi connectivity index (χ1) is 16.3. The van der Waals surface area contributed by atoms with Crippen molar-refractivity contribution in [3.63, 3.8) is 0 Å². The first kappa shape index (κ1) is 23.9. The third kappa shape index (κ3) is 4.69. The lowest BCUT2D eigenvalue weighted by molar-refractivity contribution is -0.128. The van der Waals surface area contributed by atoms with Crippen LogP contribution in [-0.2, 0) is 16.8 Å². The lowest BCUT2D eigenvalue weighted by Gasteiger charge is -2.50. The molecular formula is C27H29ClN4O2. The molecule has 0 bridgehead atoms. The molecule has 0 atom stereocenters. The van der Waals surface area contributed by atoms with E-state index in [1.807, 2.05) is 30.3 Å². The number of amides is 2. The number of pyridine rings is 1.